The van der Waals surface area contributed by atoms with Gasteiger partial charge >= 0.3 is 0 Å². The summed E-state index contributed by atoms with van der Waals surface area (Å²) in [5.41, 5.74) is 2.64. The van der Waals surface area contributed by atoms with Crippen LogP contribution in [0.2, 0.25) is 5.02 Å². The first-order valence-corrected chi connectivity index (χ1v) is 7.93. The Morgan fingerprint density at radius 1 is 1.12 bits per heavy atom. The van der Waals surface area contributed by atoms with Gasteiger partial charge < -0.3 is 9.84 Å². The van der Waals surface area contributed by atoms with Crippen molar-refractivity contribution in [2.24, 2.45) is 0 Å². The second-order valence-corrected chi connectivity index (χ2v) is 5.83. The number of aromatic nitrogens is 2. The summed E-state index contributed by atoms with van der Waals surface area (Å²) in [6, 6.07) is 14.6. The number of rotatable bonds is 5. The van der Waals surface area contributed by atoms with Crippen LogP contribution in [0.4, 0.5) is 0 Å². The van der Waals surface area contributed by atoms with Crippen LogP contribution in [0.5, 0.6) is 0 Å². The van der Waals surface area contributed by atoms with Gasteiger partial charge in [-0.05, 0) is 31.2 Å². The van der Waals surface area contributed by atoms with E-state index in [1.54, 1.807) is 24.3 Å². The summed E-state index contributed by atoms with van der Waals surface area (Å²) in [4.78, 5) is 16.3. The summed E-state index contributed by atoms with van der Waals surface area (Å²) >= 11 is 5.80. The Bertz CT molecular complexity index is 826. The van der Waals surface area contributed by atoms with Crippen LogP contribution in [0.3, 0.4) is 0 Å². The van der Waals surface area contributed by atoms with Gasteiger partial charge in [0.25, 0.3) is 5.91 Å². The lowest BCUT2D eigenvalue weighted by Crippen LogP contribution is -2.25. The van der Waals surface area contributed by atoms with Crippen molar-refractivity contribution in [3.63, 3.8) is 0 Å². The zero-order valence-electron chi connectivity index (χ0n) is 13.1. The SMILES string of the molecule is Cc1ccc(-c2noc(CCNC(=O)c3ccc(Cl)cc3)n2)cc1. The molecule has 1 N–H and O–H groups in total. The number of amides is 1. The highest BCUT2D eigenvalue weighted by Crippen LogP contribution is 2.16. The third-order valence-corrected chi connectivity index (χ3v) is 3.76. The van der Waals surface area contributed by atoms with Gasteiger partial charge in [-0.2, -0.15) is 4.98 Å². The summed E-state index contributed by atoms with van der Waals surface area (Å²) < 4.78 is 5.22. The zero-order valence-corrected chi connectivity index (χ0v) is 13.9. The lowest BCUT2D eigenvalue weighted by Gasteiger charge is -2.03. The van der Waals surface area contributed by atoms with Crippen molar-refractivity contribution in [2.45, 2.75) is 13.3 Å². The lowest BCUT2D eigenvalue weighted by atomic mass is 10.1. The van der Waals surface area contributed by atoms with Crippen LogP contribution in [-0.2, 0) is 6.42 Å². The zero-order chi connectivity index (χ0) is 16.9. The van der Waals surface area contributed by atoms with Gasteiger partial charge in [0.2, 0.25) is 11.7 Å². The standard InChI is InChI=1S/C18H16ClN3O2/c1-12-2-4-13(5-3-12)17-21-16(24-22-17)10-11-20-18(23)14-6-8-15(19)9-7-14/h2-9H,10-11H2,1H3,(H,20,23). The molecule has 5 nitrogen and oxygen atoms in total. The monoisotopic (exact) mass is 341 g/mol. The van der Waals surface area contributed by atoms with E-state index in [-0.39, 0.29) is 5.91 Å². The molecule has 1 heterocycles. The van der Waals surface area contributed by atoms with Crippen LogP contribution in [0.15, 0.2) is 53.1 Å². The third-order valence-electron chi connectivity index (χ3n) is 3.51. The topological polar surface area (TPSA) is 68.0 Å². The van der Waals surface area contributed by atoms with E-state index >= 15 is 0 Å². The number of nitrogens with zero attached hydrogens (tertiary/aromatic N) is 2. The van der Waals surface area contributed by atoms with Gasteiger partial charge in [-0.25, -0.2) is 0 Å². The van der Waals surface area contributed by atoms with E-state index in [1.807, 2.05) is 31.2 Å². The van der Waals surface area contributed by atoms with E-state index in [4.69, 9.17) is 16.1 Å². The van der Waals surface area contributed by atoms with Crippen molar-refractivity contribution in [3.8, 4) is 11.4 Å². The number of hydrogen-bond donors (Lipinski definition) is 1. The molecule has 0 radical (unpaired) electrons. The quantitative estimate of drug-likeness (QED) is 0.768. The molecule has 0 aliphatic heterocycles. The van der Waals surface area contributed by atoms with Gasteiger partial charge in [-0.3, -0.25) is 4.79 Å². The molecule has 1 amide bonds. The molecule has 24 heavy (non-hydrogen) atoms. The summed E-state index contributed by atoms with van der Waals surface area (Å²) in [6.07, 6.45) is 0.470. The van der Waals surface area contributed by atoms with Crippen LogP contribution in [0.1, 0.15) is 21.8 Å². The van der Waals surface area contributed by atoms with E-state index in [0.29, 0.717) is 35.3 Å². The average Bonchev–Trinajstić information content (AvgIpc) is 3.05. The fraction of sp³-hybridized carbons (Fsp3) is 0.167. The Labute approximate surface area is 144 Å². The number of carbonyl (C=O) groups is 1. The van der Waals surface area contributed by atoms with Crippen LogP contribution in [0, 0.1) is 6.92 Å². The molecule has 1 aromatic heterocycles. The van der Waals surface area contributed by atoms with Gasteiger partial charge in [0.05, 0.1) is 0 Å². The van der Waals surface area contributed by atoms with E-state index in [2.05, 4.69) is 15.5 Å². The van der Waals surface area contributed by atoms with Crippen molar-refractivity contribution >= 4 is 17.5 Å². The molecule has 0 aliphatic carbocycles. The number of halogens is 1. The average molecular weight is 342 g/mol. The molecule has 0 bridgehead atoms. The maximum Gasteiger partial charge on any atom is 0.251 e. The largest absolute Gasteiger partial charge is 0.352 e. The van der Waals surface area contributed by atoms with Gasteiger partial charge in [-0.1, -0.05) is 46.6 Å². The van der Waals surface area contributed by atoms with Gasteiger partial charge in [-0.15, -0.1) is 0 Å². The summed E-state index contributed by atoms with van der Waals surface area (Å²) in [6.45, 7) is 2.44. The van der Waals surface area contributed by atoms with Crippen LogP contribution in [0.25, 0.3) is 11.4 Å². The van der Waals surface area contributed by atoms with Crippen molar-refractivity contribution < 1.29 is 9.32 Å². The number of carbonyl (C=O) groups excluding carboxylic acids is 1. The first-order chi connectivity index (χ1) is 11.6. The number of nitrogens with one attached hydrogen (secondary N) is 1. The maximum atomic E-state index is 12.0. The normalized spacial score (nSPS) is 10.6. The fourth-order valence-corrected chi connectivity index (χ4v) is 2.29. The minimum Gasteiger partial charge on any atom is -0.352 e. The van der Waals surface area contributed by atoms with Crippen molar-refractivity contribution in [1.29, 1.82) is 0 Å². The lowest BCUT2D eigenvalue weighted by molar-refractivity contribution is 0.0953. The fourth-order valence-electron chi connectivity index (χ4n) is 2.16. The van der Waals surface area contributed by atoms with Crippen molar-refractivity contribution in [3.05, 3.63) is 70.6 Å². The third kappa shape index (κ3) is 4.00. The number of benzene rings is 2. The molecule has 0 saturated carbocycles. The predicted octanol–water partition coefficient (Wildman–Crippen LogP) is 3.67. The van der Waals surface area contributed by atoms with E-state index in [0.717, 1.165) is 5.56 Å². The highest BCUT2D eigenvalue weighted by molar-refractivity contribution is 6.30. The number of hydrogen-bond acceptors (Lipinski definition) is 4. The molecular weight excluding hydrogens is 326 g/mol. The van der Waals surface area contributed by atoms with E-state index in [9.17, 15) is 4.79 Å². The van der Waals surface area contributed by atoms with E-state index < -0.39 is 0 Å². The Morgan fingerprint density at radius 3 is 2.54 bits per heavy atom. The smallest absolute Gasteiger partial charge is 0.251 e. The molecule has 3 aromatic rings. The van der Waals surface area contributed by atoms with E-state index in [1.165, 1.54) is 5.56 Å². The first kappa shape index (κ1) is 16.2. The van der Waals surface area contributed by atoms with Crippen LogP contribution < -0.4 is 5.32 Å². The molecule has 0 spiro atoms. The Kier molecular flexibility index (Phi) is 4.91. The van der Waals surface area contributed by atoms with Crippen molar-refractivity contribution in [2.75, 3.05) is 6.54 Å². The van der Waals surface area contributed by atoms with Gasteiger partial charge in [0, 0.05) is 29.1 Å². The van der Waals surface area contributed by atoms with Crippen LogP contribution >= 0.6 is 11.6 Å². The minimum atomic E-state index is -0.162. The molecule has 0 saturated heterocycles. The maximum absolute atomic E-state index is 12.0. The first-order valence-electron chi connectivity index (χ1n) is 7.55. The van der Waals surface area contributed by atoms with Gasteiger partial charge in [0.1, 0.15) is 0 Å². The molecule has 0 fully saturated rings. The number of aryl methyl sites for hydroxylation is 1. The molecule has 6 heteroatoms. The molecule has 0 aliphatic rings. The van der Waals surface area contributed by atoms with Crippen molar-refractivity contribution in [1.82, 2.24) is 15.5 Å². The molecule has 3 rings (SSSR count). The molecular formula is C18H16ClN3O2. The second-order valence-electron chi connectivity index (χ2n) is 5.39. The molecule has 0 unspecified atom stereocenters. The molecule has 122 valence electrons. The predicted molar refractivity (Wildman–Crippen MR) is 92.0 cm³/mol. The summed E-state index contributed by atoms with van der Waals surface area (Å²) in [5.74, 6) is 0.876. The molecule has 0 atom stereocenters. The summed E-state index contributed by atoms with van der Waals surface area (Å²) in [5, 5.41) is 7.38. The summed E-state index contributed by atoms with van der Waals surface area (Å²) in [7, 11) is 0. The Hall–Kier alpha value is -2.66. The van der Waals surface area contributed by atoms with Crippen LogP contribution in [-0.4, -0.2) is 22.6 Å². The van der Waals surface area contributed by atoms with Gasteiger partial charge in [0.15, 0.2) is 0 Å². The molecule has 2 aromatic carbocycles. The highest BCUT2D eigenvalue weighted by atomic mass is 35.5. The Balaban J connectivity index is 1.55. The Morgan fingerprint density at radius 2 is 1.83 bits per heavy atom. The minimum absolute atomic E-state index is 0.162. The second kappa shape index (κ2) is 7.27. The highest BCUT2D eigenvalue weighted by Gasteiger charge is 2.10.